The van der Waals surface area contributed by atoms with Crippen molar-refractivity contribution in [3.8, 4) is 5.75 Å². The molecule has 106 valence electrons. The van der Waals surface area contributed by atoms with Crippen molar-refractivity contribution in [1.29, 1.82) is 0 Å². The number of rotatable bonds is 8. The van der Waals surface area contributed by atoms with E-state index in [0.29, 0.717) is 6.42 Å². The first-order valence-electron chi connectivity index (χ1n) is 6.76. The Balaban J connectivity index is 2.30. The van der Waals surface area contributed by atoms with Crippen LogP contribution < -0.4 is 10.1 Å². The number of hydrogen-bond acceptors (Lipinski definition) is 2. The van der Waals surface area contributed by atoms with E-state index >= 15 is 0 Å². The van der Waals surface area contributed by atoms with Crippen LogP contribution in [0.15, 0.2) is 24.3 Å². The van der Waals surface area contributed by atoms with Gasteiger partial charge in [-0.05, 0) is 66.0 Å². The fraction of sp³-hybridized carbons (Fsp3) is 0.533. The van der Waals surface area contributed by atoms with E-state index in [-0.39, 0.29) is 10.0 Å². The van der Waals surface area contributed by atoms with E-state index < -0.39 is 0 Å². The molecule has 0 bridgehead atoms. The van der Waals surface area contributed by atoms with Gasteiger partial charge in [0.15, 0.2) is 0 Å². The Bertz CT molecular complexity index is 378. The number of nitrogens with one attached hydrogen (secondary N) is 1. The van der Waals surface area contributed by atoms with Crippen LogP contribution in [0.1, 0.15) is 38.2 Å². The highest BCUT2D eigenvalue weighted by molar-refractivity contribution is 14.1. The lowest BCUT2D eigenvalue weighted by Gasteiger charge is -2.11. The molecule has 1 aromatic rings. The number of unbranched alkanes of at least 4 members (excludes halogenated alkanes) is 1. The van der Waals surface area contributed by atoms with Crippen LogP contribution in [-0.4, -0.2) is 17.1 Å². The minimum Gasteiger partial charge on any atom is -0.480 e. The van der Waals surface area contributed by atoms with Crippen LogP contribution in [-0.2, 0) is 11.2 Å². The molecule has 19 heavy (non-hydrogen) atoms. The SMILES string of the molecule is CCC(I)Oc1ccc(CCCCC(=O)NC)cc1. The molecule has 0 saturated carbocycles. The fourth-order valence-corrected chi connectivity index (χ4v) is 2.00. The van der Waals surface area contributed by atoms with Gasteiger partial charge in [0.25, 0.3) is 0 Å². The number of ether oxygens (including phenoxy) is 1. The minimum absolute atomic E-state index is 0.122. The van der Waals surface area contributed by atoms with Crippen molar-refractivity contribution in [3.05, 3.63) is 29.8 Å². The molecule has 0 aromatic heterocycles. The smallest absolute Gasteiger partial charge is 0.219 e. The number of halogens is 1. The van der Waals surface area contributed by atoms with Gasteiger partial charge in [-0.1, -0.05) is 19.1 Å². The van der Waals surface area contributed by atoms with Gasteiger partial charge in [-0.2, -0.15) is 0 Å². The molecule has 4 heteroatoms. The van der Waals surface area contributed by atoms with Crippen molar-refractivity contribution in [2.45, 2.75) is 43.1 Å². The molecule has 0 fully saturated rings. The third kappa shape index (κ3) is 6.80. The number of carbonyl (C=O) groups excluding carboxylic acids is 1. The Kier molecular flexibility index (Phi) is 7.86. The van der Waals surface area contributed by atoms with Gasteiger partial charge in [0.2, 0.25) is 5.91 Å². The molecule has 1 unspecified atom stereocenters. The molecule has 3 nitrogen and oxygen atoms in total. The summed E-state index contributed by atoms with van der Waals surface area (Å²) >= 11 is 2.29. The maximum Gasteiger partial charge on any atom is 0.219 e. The Morgan fingerprint density at radius 2 is 2.00 bits per heavy atom. The van der Waals surface area contributed by atoms with E-state index in [4.69, 9.17) is 4.74 Å². The molecule has 0 spiro atoms. The Morgan fingerprint density at radius 3 is 2.58 bits per heavy atom. The van der Waals surface area contributed by atoms with Crippen LogP contribution in [0.2, 0.25) is 0 Å². The summed E-state index contributed by atoms with van der Waals surface area (Å²) in [6, 6.07) is 8.26. The lowest BCUT2D eigenvalue weighted by atomic mass is 10.1. The van der Waals surface area contributed by atoms with Crippen LogP contribution in [0.4, 0.5) is 0 Å². The molecule has 1 aromatic carbocycles. The molecule has 0 aliphatic heterocycles. The van der Waals surface area contributed by atoms with Crippen LogP contribution in [0.25, 0.3) is 0 Å². The van der Waals surface area contributed by atoms with Gasteiger partial charge < -0.3 is 10.1 Å². The largest absolute Gasteiger partial charge is 0.480 e. The zero-order chi connectivity index (χ0) is 14.1. The summed E-state index contributed by atoms with van der Waals surface area (Å²) in [5, 5.41) is 2.64. The van der Waals surface area contributed by atoms with Crippen LogP contribution in [0.5, 0.6) is 5.75 Å². The molecule has 1 amide bonds. The second-order valence-corrected chi connectivity index (χ2v) is 5.85. The quantitative estimate of drug-likeness (QED) is 0.428. The molecule has 1 atom stereocenters. The third-order valence-electron chi connectivity index (χ3n) is 2.91. The zero-order valence-corrected chi connectivity index (χ0v) is 13.8. The number of hydrogen-bond donors (Lipinski definition) is 1. The van der Waals surface area contributed by atoms with Crippen LogP contribution in [0.3, 0.4) is 0 Å². The molecule has 0 radical (unpaired) electrons. The number of carbonyl (C=O) groups is 1. The van der Waals surface area contributed by atoms with Crippen molar-refractivity contribution >= 4 is 28.5 Å². The van der Waals surface area contributed by atoms with Gasteiger partial charge in [-0.3, -0.25) is 4.79 Å². The van der Waals surface area contributed by atoms with Gasteiger partial charge in [-0.25, -0.2) is 0 Å². The number of benzene rings is 1. The maximum atomic E-state index is 11.1. The third-order valence-corrected chi connectivity index (χ3v) is 4.04. The summed E-state index contributed by atoms with van der Waals surface area (Å²) in [6.45, 7) is 2.11. The van der Waals surface area contributed by atoms with Crippen molar-refractivity contribution < 1.29 is 9.53 Å². The summed E-state index contributed by atoms with van der Waals surface area (Å²) < 4.78 is 5.96. The number of aryl methyl sites for hydroxylation is 1. The molecule has 1 rings (SSSR count). The van der Waals surface area contributed by atoms with E-state index in [1.165, 1.54) is 5.56 Å². The van der Waals surface area contributed by atoms with E-state index in [9.17, 15) is 4.79 Å². The Morgan fingerprint density at radius 1 is 1.32 bits per heavy atom. The summed E-state index contributed by atoms with van der Waals surface area (Å²) in [5.41, 5.74) is 1.30. The predicted octanol–water partition coefficient (Wildman–Crippen LogP) is 3.70. The summed E-state index contributed by atoms with van der Waals surface area (Å²) in [4.78, 5) is 11.1. The summed E-state index contributed by atoms with van der Waals surface area (Å²) in [6.07, 6.45) is 4.60. The molecule has 0 aliphatic carbocycles. The highest BCUT2D eigenvalue weighted by atomic mass is 127. The first-order chi connectivity index (χ1) is 9.15. The van der Waals surface area contributed by atoms with Gasteiger partial charge in [-0.15, -0.1) is 0 Å². The second-order valence-electron chi connectivity index (χ2n) is 4.46. The average molecular weight is 375 g/mol. The standard InChI is InChI=1S/C15H22INO2/c1-3-14(16)19-13-10-8-12(9-11-13)6-4-5-7-15(18)17-2/h8-11,14H,3-7H2,1-2H3,(H,17,18). The summed E-state index contributed by atoms with van der Waals surface area (Å²) in [5.74, 6) is 1.05. The summed E-state index contributed by atoms with van der Waals surface area (Å²) in [7, 11) is 1.68. The van der Waals surface area contributed by atoms with Crippen LogP contribution in [0, 0.1) is 0 Å². The topological polar surface area (TPSA) is 38.3 Å². The zero-order valence-electron chi connectivity index (χ0n) is 11.6. The fourth-order valence-electron chi connectivity index (χ4n) is 1.71. The van der Waals surface area contributed by atoms with Gasteiger partial charge >= 0.3 is 0 Å². The van der Waals surface area contributed by atoms with Crippen molar-refractivity contribution in [1.82, 2.24) is 5.32 Å². The van der Waals surface area contributed by atoms with E-state index in [1.807, 2.05) is 12.1 Å². The Hall–Kier alpha value is -0.780. The Labute approximate surface area is 129 Å². The monoisotopic (exact) mass is 375 g/mol. The molecular formula is C15H22INO2. The minimum atomic E-state index is 0.122. The highest BCUT2D eigenvalue weighted by Crippen LogP contribution is 2.18. The maximum absolute atomic E-state index is 11.1. The van der Waals surface area contributed by atoms with Gasteiger partial charge in [0, 0.05) is 13.5 Å². The molecule has 0 aliphatic rings. The number of amides is 1. The molecule has 1 N–H and O–H groups in total. The van der Waals surface area contributed by atoms with E-state index in [0.717, 1.165) is 31.4 Å². The van der Waals surface area contributed by atoms with Crippen molar-refractivity contribution in [3.63, 3.8) is 0 Å². The van der Waals surface area contributed by atoms with Crippen molar-refractivity contribution in [2.75, 3.05) is 7.05 Å². The highest BCUT2D eigenvalue weighted by Gasteiger charge is 2.03. The van der Waals surface area contributed by atoms with Gasteiger partial charge in [0.1, 0.15) is 9.86 Å². The normalized spacial score (nSPS) is 11.9. The lowest BCUT2D eigenvalue weighted by molar-refractivity contribution is -0.120. The van der Waals surface area contributed by atoms with Crippen molar-refractivity contribution in [2.24, 2.45) is 0 Å². The molecule has 0 saturated heterocycles. The number of alkyl halides is 1. The average Bonchev–Trinajstić information content (AvgIpc) is 2.44. The van der Waals surface area contributed by atoms with E-state index in [1.54, 1.807) is 7.05 Å². The molecular weight excluding hydrogens is 353 g/mol. The lowest BCUT2D eigenvalue weighted by Crippen LogP contribution is -2.16. The van der Waals surface area contributed by atoms with Gasteiger partial charge in [0.05, 0.1) is 0 Å². The second kappa shape index (κ2) is 9.18. The predicted molar refractivity (Wildman–Crippen MR) is 86.8 cm³/mol. The first-order valence-corrected chi connectivity index (χ1v) is 8.00. The van der Waals surface area contributed by atoms with Crippen LogP contribution >= 0.6 is 22.6 Å². The first kappa shape index (κ1) is 16.3. The van der Waals surface area contributed by atoms with E-state index in [2.05, 4.69) is 47.0 Å². The molecule has 0 heterocycles.